The van der Waals surface area contributed by atoms with E-state index in [4.69, 9.17) is 14.2 Å². The van der Waals surface area contributed by atoms with Crippen molar-refractivity contribution in [1.82, 2.24) is 0 Å². The molecular formula is C61H100O6. The number of hydrogen-bond acceptors (Lipinski definition) is 6. The fourth-order valence-corrected chi connectivity index (χ4v) is 7.12. The van der Waals surface area contributed by atoms with E-state index in [1.54, 1.807) is 0 Å². The number of unbranched alkanes of at least 4 members (excludes halogenated alkanes) is 19. The molecule has 67 heavy (non-hydrogen) atoms. The van der Waals surface area contributed by atoms with Crippen molar-refractivity contribution >= 4 is 17.9 Å². The molecule has 0 aromatic heterocycles. The summed E-state index contributed by atoms with van der Waals surface area (Å²) < 4.78 is 16.8. The number of carbonyl (C=O) groups excluding carboxylic acids is 3. The van der Waals surface area contributed by atoms with E-state index < -0.39 is 6.10 Å². The van der Waals surface area contributed by atoms with Crippen LogP contribution in [0.5, 0.6) is 0 Å². The highest BCUT2D eigenvalue weighted by Crippen LogP contribution is 2.13. The largest absolute Gasteiger partial charge is 0.462 e. The first-order chi connectivity index (χ1) is 33.0. The Bertz CT molecular complexity index is 1390. The highest BCUT2D eigenvalue weighted by Gasteiger charge is 2.19. The summed E-state index contributed by atoms with van der Waals surface area (Å²) in [6, 6.07) is 0. The monoisotopic (exact) mass is 929 g/mol. The SMILES string of the molecule is CC/C=C\C/C=C\C/C=C\C/C=C\CCCCCCC(=O)O[C@H](COC(=O)CCCCCC/C=C\C/C=C\C/C=C\CCCCC)COC(=O)CCCCCCC/C=C\C/C=C\CCCCC. The zero-order valence-electron chi connectivity index (χ0n) is 43.4. The molecule has 380 valence electrons. The zero-order chi connectivity index (χ0) is 48.6. The van der Waals surface area contributed by atoms with Crippen LogP contribution in [-0.4, -0.2) is 37.2 Å². The molecule has 6 heteroatoms. The number of esters is 3. The first kappa shape index (κ1) is 63.1. The van der Waals surface area contributed by atoms with E-state index in [-0.39, 0.29) is 37.5 Å². The molecule has 0 aromatic rings. The second-order valence-electron chi connectivity index (χ2n) is 17.7. The van der Waals surface area contributed by atoms with Gasteiger partial charge in [-0.05, 0) is 128 Å². The van der Waals surface area contributed by atoms with Gasteiger partial charge in [0, 0.05) is 19.3 Å². The summed E-state index contributed by atoms with van der Waals surface area (Å²) in [5.41, 5.74) is 0. The summed E-state index contributed by atoms with van der Waals surface area (Å²) >= 11 is 0. The van der Waals surface area contributed by atoms with Gasteiger partial charge in [0.2, 0.25) is 0 Å². The van der Waals surface area contributed by atoms with Crippen LogP contribution >= 0.6 is 0 Å². The average molecular weight is 929 g/mol. The highest BCUT2D eigenvalue weighted by atomic mass is 16.6. The molecule has 0 radical (unpaired) electrons. The number of allylic oxidation sites excluding steroid dienone is 18. The molecule has 0 fully saturated rings. The summed E-state index contributed by atoms with van der Waals surface area (Å²) in [6.07, 6.45) is 73.5. The maximum atomic E-state index is 12.8. The van der Waals surface area contributed by atoms with Gasteiger partial charge in [-0.2, -0.15) is 0 Å². The van der Waals surface area contributed by atoms with Crippen LogP contribution in [0.3, 0.4) is 0 Å². The Morgan fingerprint density at radius 2 is 0.582 bits per heavy atom. The third kappa shape index (κ3) is 52.9. The molecule has 6 nitrogen and oxygen atoms in total. The summed E-state index contributed by atoms with van der Waals surface area (Å²) in [5, 5.41) is 0. The lowest BCUT2D eigenvalue weighted by atomic mass is 10.1. The summed E-state index contributed by atoms with van der Waals surface area (Å²) in [4.78, 5) is 38.1. The van der Waals surface area contributed by atoms with E-state index >= 15 is 0 Å². The number of rotatable bonds is 48. The van der Waals surface area contributed by atoms with Gasteiger partial charge in [-0.15, -0.1) is 0 Å². The van der Waals surface area contributed by atoms with Gasteiger partial charge in [0.05, 0.1) is 0 Å². The fraction of sp³-hybridized carbons (Fsp3) is 0.656. The Balaban J connectivity index is 4.52. The highest BCUT2D eigenvalue weighted by molar-refractivity contribution is 5.71. The first-order valence-corrected chi connectivity index (χ1v) is 27.4. The lowest BCUT2D eigenvalue weighted by Crippen LogP contribution is -2.30. The number of hydrogen-bond donors (Lipinski definition) is 0. The summed E-state index contributed by atoms with van der Waals surface area (Å²) in [6.45, 7) is 6.41. The van der Waals surface area contributed by atoms with E-state index in [9.17, 15) is 14.4 Å². The van der Waals surface area contributed by atoms with E-state index in [1.807, 2.05) is 0 Å². The van der Waals surface area contributed by atoms with E-state index in [0.717, 1.165) is 148 Å². The third-order valence-corrected chi connectivity index (χ3v) is 11.2. The van der Waals surface area contributed by atoms with Crippen LogP contribution in [0.25, 0.3) is 0 Å². The molecule has 0 heterocycles. The molecule has 0 spiro atoms. The van der Waals surface area contributed by atoms with E-state index in [1.165, 1.54) is 51.4 Å². The van der Waals surface area contributed by atoms with Crippen molar-refractivity contribution in [2.45, 2.75) is 245 Å². The molecule has 0 aliphatic rings. The predicted octanol–water partition coefficient (Wildman–Crippen LogP) is 18.3. The van der Waals surface area contributed by atoms with Crippen LogP contribution in [0, 0.1) is 0 Å². The van der Waals surface area contributed by atoms with Crippen molar-refractivity contribution in [3.05, 3.63) is 109 Å². The van der Waals surface area contributed by atoms with Crippen LogP contribution in [0.4, 0.5) is 0 Å². The topological polar surface area (TPSA) is 78.9 Å². The minimum Gasteiger partial charge on any atom is -0.462 e. The van der Waals surface area contributed by atoms with E-state index in [0.29, 0.717) is 12.8 Å². The summed E-state index contributed by atoms with van der Waals surface area (Å²) in [7, 11) is 0. The Labute approximate surface area is 412 Å². The molecule has 0 aliphatic heterocycles. The lowest BCUT2D eigenvalue weighted by molar-refractivity contribution is -0.167. The van der Waals surface area contributed by atoms with Gasteiger partial charge in [-0.1, -0.05) is 201 Å². The van der Waals surface area contributed by atoms with Crippen LogP contribution in [-0.2, 0) is 28.6 Å². The molecule has 0 aliphatic carbocycles. The van der Waals surface area contributed by atoms with Crippen molar-refractivity contribution in [2.24, 2.45) is 0 Å². The maximum absolute atomic E-state index is 12.8. The number of ether oxygens (including phenoxy) is 3. The van der Waals surface area contributed by atoms with Gasteiger partial charge in [0.1, 0.15) is 13.2 Å². The molecule has 1 atom stereocenters. The summed E-state index contributed by atoms with van der Waals surface area (Å²) in [5.74, 6) is -0.966. The molecule has 0 aromatic carbocycles. The van der Waals surface area contributed by atoms with Gasteiger partial charge in [-0.3, -0.25) is 14.4 Å². The van der Waals surface area contributed by atoms with Gasteiger partial charge in [0.15, 0.2) is 6.10 Å². The quantitative estimate of drug-likeness (QED) is 0.0262. The Morgan fingerprint density at radius 1 is 0.313 bits per heavy atom. The lowest BCUT2D eigenvalue weighted by Gasteiger charge is -2.18. The predicted molar refractivity (Wildman–Crippen MR) is 288 cm³/mol. The van der Waals surface area contributed by atoms with Crippen LogP contribution < -0.4 is 0 Å². The van der Waals surface area contributed by atoms with Crippen LogP contribution in [0.1, 0.15) is 239 Å². The van der Waals surface area contributed by atoms with Gasteiger partial charge in [-0.25, -0.2) is 0 Å². The second-order valence-corrected chi connectivity index (χ2v) is 17.7. The minimum atomic E-state index is -0.809. The fourth-order valence-electron chi connectivity index (χ4n) is 7.12. The van der Waals surface area contributed by atoms with Gasteiger partial charge in [0.25, 0.3) is 0 Å². The zero-order valence-corrected chi connectivity index (χ0v) is 43.4. The molecular weight excluding hydrogens is 829 g/mol. The smallest absolute Gasteiger partial charge is 0.306 e. The molecule has 0 rings (SSSR count). The molecule has 0 N–H and O–H groups in total. The molecule has 0 amide bonds. The van der Waals surface area contributed by atoms with Crippen molar-refractivity contribution < 1.29 is 28.6 Å². The Morgan fingerprint density at radius 3 is 0.910 bits per heavy atom. The van der Waals surface area contributed by atoms with Crippen LogP contribution in [0.15, 0.2) is 109 Å². The van der Waals surface area contributed by atoms with Crippen molar-refractivity contribution in [3.63, 3.8) is 0 Å². The van der Waals surface area contributed by atoms with Crippen molar-refractivity contribution in [2.75, 3.05) is 13.2 Å². The van der Waals surface area contributed by atoms with Crippen molar-refractivity contribution in [3.8, 4) is 0 Å². The van der Waals surface area contributed by atoms with Gasteiger partial charge >= 0.3 is 17.9 Å². The third-order valence-electron chi connectivity index (χ3n) is 11.2. The minimum absolute atomic E-state index is 0.105. The second kappa shape index (κ2) is 54.7. The van der Waals surface area contributed by atoms with E-state index in [2.05, 4.69) is 130 Å². The molecule has 0 saturated carbocycles. The van der Waals surface area contributed by atoms with Gasteiger partial charge < -0.3 is 14.2 Å². The normalized spacial score (nSPS) is 12.9. The molecule has 0 saturated heterocycles. The first-order valence-electron chi connectivity index (χ1n) is 27.4. The Kier molecular flexibility index (Phi) is 51.5. The molecule has 0 unspecified atom stereocenters. The average Bonchev–Trinajstić information content (AvgIpc) is 3.33. The molecule has 0 bridgehead atoms. The number of carbonyl (C=O) groups is 3. The maximum Gasteiger partial charge on any atom is 0.306 e. The Hall–Kier alpha value is -3.93. The van der Waals surface area contributed by atoms with Crippen LogP contribution in [0.2, 0.25) is 0 Å². The standard InChI is InChI=1S/C61H100O6/c1-4-7-10-13-16-19-22-25-28-30-33-36-39-42-45-48-51-54-60(63)66-57-58(56-65-59(62)53-50-47-44-41-38-35-32-27-24-21-18-15-12-9-6-3)67-61(64)55-52-49-46-43-40-37-34-31-29-26-23-20-17-14-11-8-5-2/h8,11,16-21,25-29,32-34,36-37,58H,4-7,9-10,12-15,22-24,30-31,35,38-57H2,1-3H3/b11-8-,19-16-,20-17-,21-18-,28-25-,29-26-,32-27-,36-33-,37-34-/t58-/m0/s1. The van der Waals surface area contributed by atoms with Crippen molar-refractivity contribution in [1.29, 1.82) is 0 Å².